The van der Waals surface area contributed by atoms with Crippen molar-refractivity contribution >= 4 is 15.9 Å². The maximum atomic E-state index is 14.2. The Hall–Kier alpha value is -3.03. The Bertz CT molecular complexity index is 1110. The van der Waals surface area contributed by atoms with Gasteiger partial charge in [0, 0.05) is 6.54 Å². The van der Waals surface area contributed by atoms with Gasteiger partial charge in [-0.1, -0.05) is 72.8 Å². The Balaban J connectivity index is 1.62. The zero-order valence-corrected chi connectivity index (χ0v) is 17.6. The van der Waals surface area contributed by atoms with E-state index in [4.69, 9.17) is 0 Å². The van der Waals surface area contributed by atoms with E-state index in [1.165, 1.54) is 18.2 Å². The average Bonchev–Trinajstić information content (AvgIpc) is 3.30. The fourth-order valence-corrected chi connectivity index (χ4v) is 5.68. The van der Waals surface area contributed by atoms with Crippen LogP contribution >= 0.6 is 0 Å². The molecule has 1 heterocycles. The molecule has 0 aromatic heterocycles. The van der Waals surface area contributed by atoms with Crippen LogP contribution in [0.4, 0.5) is 4.39 Å². The Labute approximate surface area is 181 Å². The molecule has 0 saturated carbocycles. The van der Waals surface area contributed by atoms with Gasteiger partial charge in [0.2, 0.25) is 15.9 Å². The zero-order valence-electron chi connectivity index (χ0n) is 16.8. The molecule has 0 spiro atoms. The highest BCUT2D eigenvalue weighted by Gasteiger charge is 2.41. The second-order valence-corrected chi connectivity index (χ2v) is 9.33. The maximum Gasteiger partial charge on any atom is 0.246 e. The van der Waals surface area contributed by atoms with Gasteiger partial charge >= 0.3 is 0 Å². The first-order valence-corrected chi connectivity index (χ1v) is 11.6. The molecule has 1 amide bonds. The van der Waals surface area contributed by atoms with Gasteiger partial charge in [-0.15, -0.1) is 0 Å². The van der Waals surface area contributed by atoms with Crippen LogP contribution in [0.5, 0.6) is 0 Å². The van der Waals surface area contributed by atoms with Gasteiger partial charge in [-0.25, -0.2) is 12.8 Å². The molecule has 4 rings (SSSR count). The van der Waals surface area contributed by atoms with Gasteiger partial charge in [0.15, 0.2) is 0 Å². The van der Waals surface area contributed by atoms with Crippen molar-refractivity contribution in [3.05, 3.63) is 102 Å². The van der Waals surface area contributed by atoms with Gasteiger partial charge in [0.1, 0.15) is 16.8 Å². The molecule has 160 valence electrons. The van der Waals surface area contributed by atoms with Crippen molar-refractivity contribution in [3.8, 4) is 0 Å². The number of carbonyl (C=O) groups excluding carboxylic acids is 1. The smallest absolute Gasteiger partial charge is 0.246 e. The van der Waals surface area contributed by atoms with Crippen molar-refractivity contribution in [2.75, 3.05) is 6.54 Å². The second kappa shape index (κ2) is 8.99. The largest absolute Gasteiger partial charge is 0.344 e. The molecule has 1 fully saturated rings. The summed E-state index contributed by atoms with van der Waals surface area (Å²) in [6, 6.07) is 23.0. The predicted octanol–water partition coefficient (Wildman–Crippen LogP) is 3.88. The first-order chi connectivity index (χ1) is 15.0. The topological polar surface area (TPSA) is 66.5 Å². The number of nitrogens with one attached hydrogen (secondary N) is 1. The first kappa shape index (κ1) is 21.2. The highest BCUT2D eigenvalue weighted by atomic mass is 32.2. The Morgan fingerprint density at radius 1 is 0.903 bits per heavy atom. The summed E-state index contributed by atoms with van der Waals surface area (Å²) in [7, 11) is -4.13. The minimum atomic E-state index is -4.13. The number of halogens is 1. The lowest BCUT2D eigenvalue weighted by molar-refractivity contribution is -0.124. The lowest BCUT2D eigenvalue weighted by atomic mass is 9.98. The molecule has 1 N–H and O–H groups in total. The van der Waals surface area contributed by atoms with Crippen LogP contribution in [0.1, 0.15) is 30.0 Å². The van der Waals surface area contributed by atoms with Crippen molar-refractivity contribution in [2.45, 2.75) is 29.8 Å². The number of sulfonamides is 1. The standard InChI is InChI=1S/C24H23FN2O3S/c25-20-14-7-8-16-22(20)31(29,30)27-17-9-15-21(27)24(28)26-23(18-10-3-1-4-11-18)19-12-5-2-6-13-19/h1-8,10-14,16,21,23H,9,15,17H2,(H,26,28)/t21-/m0/s1. The van der Waals surface area contributed by atoms with Gasteiger partial charge in [-0.3, -0.25) is 4.79 Å². The highest BCUT2D eigenvalue weighted by Crippen LogP contribution is 2.29. The molecule has 0 bridgehead atoms. The third-order valence-electron chi connectivity index (χ3n) is 5.48. The molecule has 31 heavy (non-hydrogen) atoms. The molecular weight excluding hydrogens is 415 g/mol. The number of benzene rings is 3. The van der Waals surface area contributed by atoms with E-state index in [0.717, 1.165) is 21.5 Å². The van der Waals surface area contributed by atoms with Crippen LogP contribution in [0.15, 0.2) is 89.8 Å². The number of nitrogens with zero attached hydrogens (tertiary/aromatic N) is 1. The zero-order chi connectivity index (χ0) is 21.8. The first-order valence-electron chi connectivity index (χ1n) is 10.1. The van der Waals surface area contributed by atoms with Crippen molar-refractivity contribution < 1.29 is 17.6 Å². The fraction of sp³-hybridized carbons (Fsp3) is 0.208. The maximum absolute atomic E-state index is 14.2. The van der Waals surface area contributed by atoms with Crippen LogP contribution in [0.2, 0.25) is 0 Å². The molecule has 5 nitrogen and oxygen atoms in total. The molecule has 3 aromatic carbocycles. The summed E-state index contributed by atoms with van der Waals surface area (Å²) in [5.74, 6) is -1.21. The van der Waals surface area contributed by atoms with Crippen LogP contribution in [0.3, 0.4) is 0 Å². The summed E-state index contributed by atoms with van der Waals surface area (Å²) < 4.78 is 41.5. The molecule has 1 saturated heterocycles. The summed E-state index contributed by atoms with van der Waals surface area (Å²) in [4.78, 5) is 12.9. The summed E-state index contributed by atoms with van der Waals surface area (Å²) in [5.41, 5.74) is 1.78. The lowest BCUT2D eigenvalue weighted by Gasteiger charge is -2.27. The SMILES string of the molecule is O=C(NC(c1ccccc1)c1ccccc1)[C@@H]1CCCN1S(=O)(=O)c1ccccc1F. The average molecular weight is 439 g/mol. The molecule has 1 aliphatic rings. The normalized spacial score (nSPS) is 17.0. The fourth-order valence-electron chi connectivity index (χ4n) is 3.96. The third kappa shape index (κ3) is 4.38. The molecule has 1 atom stereocenters. The molecule has 0 radical (unpaired) electrons. The van der Waals surface area contributed by atoms with E-state index in [0.29, 0.717) is 12.8 Å². The highest BCUT2D eigenvalue weighted by molar-refractivity contribution is 7.89. The molecular formula is C24H23FN2O3S. The van der Waals surface area contributed by atoms with E-state index in [1.54, 1.807) is 0 Å². The Morgan fingerprint density at radius 2 is 1.45 bits per heavy atom. The Kier molecular flexibility index (Phi) is 6.15. The van der Waals surface area contributed by atoms with Crippen molar-refractivity contribution in [1.29, 1.82) is 0 Å². The summed E-state index contributed by atoms with van der Waals surface area (Å²) in [6.45, 7) is 0.177. The summed E-state index contributed by atoms with van der Waals surface area (Å²) in [6.07, 6.45) is 0.920. The molecule has 3 aromatic rings. The summed E-state index contributed by atoms with van der Waals surface area (Å²) >= 11 is 0. The molecule has 0 aliphatic carbocycles. The van der Waals surface area contributed by atoms with Crippen LogP contribution in [0.25, 0.3) is 0 Å². The molecule has 1 aliphatic heterocycles. The number of hydrogen-bond acceptors (Lipinski definition) is 3. The van der Waals surface area contributed by atoms with Crippen molar-refractivity contribution in [1.82, 2.24) is 9.62 Å². The van der Waals surface area contributed by atoms with Crippen molar-refractivity contribution in [3.63, 3.8) is 0 Å². The van der Waals surface area contributed by atoms with E-state index in [-0.39, 0.29) is 6.54 Å². The van der Waals surface area contributed by atoms with Gasteiger partial charge in [-0.2, -0.15) is 4.31 Å². The van der Waals surface area contributed by atoms with Crippen molar-refractivity contribution in [2.24, 2.45) is 0 Å². The van der Waals surface area contributed by atoms with Gasteiger partial charge < -0.3 is 5.32 Å². The van der Waals surface area contributed by atoms with Crippen LogP contribution in [-0.2, 0) is 14.8 Å². The van der Waals surface area contributed by atoms with E-state index in [1.807, 2.05) is 60.7 Å². The number of rotatable bonds is 6. The number of carbonyl (C=O) groups is 1. The minimum absolute atomic E-state index is 0.177. The van der Waals surface area contributed by atoms with Gasteiger partial charge in [0.05, 0.1) is 6.04 Å². The predicted molar refractivity (Wildman–Crippen MR) is 116 cm³/mol. The van der Waals surface area contributed by atoms with Crippen LogP contribution in [0, 0.1) is 5.82 Å². The third-order valence-corrected chi connectivity index (χ3v) is 7.42. The quantitative estimate of drug-likeness (QED) is 0.635. The van der Waals surface area contributed by atoms with E-state index in [9.17, 15) is 17.6 Å². The van der Waals surface area contributed by atoms with E-state index < -0.39 is 38.7 Å². The van der Waals surface area contributed by atoms with E-state index in [2.05, 4.69) is 5.32 Å². The second-order valence-electron chi connectivity index (χ2n) is 7.47. The van der Waals surface area contributed by atoms with Crippen LogP contribution in [-0.4, -0.2) is 31.2 Å². The monoisotopic (exact) mass is 438 g/mol. The molecule has 7 heteroatoms. The minimum Gasteiger partial charge on any atom is -0.344 e. The van der Waals surface area contributed by atoms with Crippen LogP contribution < -0.4 is 5.32 Å². The molecule has 0 unspecified atom stereocenters. The van der Waals surface area contributed by atoms with Gasteiger partial charge in [0.25, 0.3) is 0 Å². The summed E-state index contributed by atoms with van der Waals surface area (Å²) in [5, 5.41) is 3.02. The van der Waals surface area contributed by atoms with Gasteiger partial charge in [-0.05, 0) is 36.1 Å². The number of amides is 1. The Morgan fingerprint density at radius 3 is 2.03 bits per heavy atom. The lowest BCUT2D eigenvalue weighted by Crippen LogP contribution is -2.47. The number of hydrogen-bond donors (Lipinski definition) is 1. The van der Waals surface area contributed by atoms with E-state index >= 15 is 0 Å².